The van der Waals surface area contributed by atoms with Gasteiger partial charge in [0.05, 0.1) is 6.10 Å². The molecule has 5 heteroatoms. The third kappa shape index (κ3) is 4.31. The predicted molar refractivity (Wildman–Crippen MR) is 79.9 cm³/mol. The van der Waals surface area contributed by atoms with E-state index >= 15 is 0 Å². The maximum absolute atomic E-state index is 5.82. The molecule has 0 unspecified atom stereocenters. The maximum atomic E-state index is 5.82. The van der Waals surface area contributed by atoms with E-state index in [0.29, 0.717) is 6.10 Å². The number of hydrogen-bond donors (Lipinski definition) is 1. The Bertz CT molecular complexity index is 351. The fraction of sp³-hybridized carbons (Fsp3) is 0.692. The topological polar surface area (TPSA) is 38.5 Å². The zero-order valence-corrected chi connectivity index (χ0v) is 13.0. The van der Waals surface area contributed by atoms with Crippen LogP contribution in [0.25, 0.3) is 0 Å². The summed E-state index contributed by atoms with van der Waals surface area (Å²) in [7, 11) is 0. The summed E-state index contributed by atoms with van der Waals surface area (Å²) in [6.45, 7) is 4.88. The quantitative estimate of drug-likeness (QED) is 0.814. The molecular formula is C13H21BrN2OS. The van der Waals surface area contributed by atoms with Crippen LogP contribution in [0.4, 0.5) is 0 Å². The molecule has 0 aromatic carbocycles. The lowest BCUT2D eigenvalue weighted by Crippen LogP contribution is -2.36. The van der Waals surface area contributed by atoms with Gasteiger partial charge < -0.3 is 10.5 Å². The van der Waals surface area contributed by atoms with E-state index in [4.69, 9.17) is 10.5 Å². The average Bonchev–Trinajstić information content (AvgIpc) is 2.78. The maximum Gasteiger partial charge on any atom is 0.0599 e. The molecule has 1 aliphatic heterocycles. The SMILES string of the molecule is NCCCOC1CCN(Cc2sccc2Br)CC1. The number of halogens is 1. The molecule has 102 valence electrons. The Morgan fingerprint density at radius 2 is 2.22 bits per heavy atom. The largest absolute Gasteiger partial charge is 0.378 e. The van der Waals surface area contributed by atoms with Crippen molar-refractivity contribution in [2.75, 3.05) is 26.2 Å². The second-order valence-corrected chi connectivity index (χ2v) is 6.54. The van der Waals surface area contributed by atoms with Crippen LogP contribution in [-0.2, 0) is 11.3 Å². The van der Waals surface area contributed by atoms with Crippen LogP contribution < -0.4 is 5.73 Å². The second-order valence-electron chi connectivity index (χ2n) is 4.68. The van der Waals surface area contributed by atoms with Gasteiger partial charge in [0.2, 0.25) is 0 Å². The fourth-order valence-corrected chi connectivity index (χ4v) is 3.73. The molecule has 0 radical (unpaired) electrons. The lowest BCUT2D eigenvalue weighted by Gasteiger charge is -2.31. The van der Waals surface area contributed by atoms with Crippen LogP contribution in [0.15, 0.2) is 15.9 Å². The van der Waals surface area contributed by atoms with Gasteiger partial charge in [-0.2, -0.15) is 0 Å². The number of hydrogen-bond acceptors (Lipinski definition) is 4. The van der Waals surface area contributed by atoms with Crippen LogP contribution in [-0.4, -0.2) is 37.2 Å². The van der Waals surface area contributed by atoms with Crippen molar-refractivity contribution in [3.05, 3.63) is 20.8 Å². The number of likely N-dealkylation sites (tertiary alicyclic amines) is 1. The number of nitrogens with zero attached hydrogens (tertiary/aromatic N) is 1. The van der Waals surface area contributed by atoms with E-state index < -0.39 is 0 Å². The Kier molecular flexibility index (Phi) is 6.11. The van der Waals surface area contributed by atoms with E-state index in [1.165, 1.54) is 9.35 Å². The molecular weight excluding hydrogens is 312 g/mol. The molecule has 0 aliphatic carbocycles. The highest BCUT2D eigenvalue weighted by Gasteiger charge is 2.20. The van der Waals surface area contributed by atoms with Crippen LogP contribution in [0.5, 0.6) is 0 Å². The van der Waals surface area contributed by atoms with Gasteiger partial charge >= 0.3 is 0 Å². The first-order chi connectivity index (χ1) is 8.79. The Morgan fingerprint density at radius 1 is 1.44 bits per heavy atom. The van der Waals surface area contributed by atoms with E-state index in [2.05, 4.69) is 32.3 Å². The van der Waals surface area contributed by atoms with E-state index in [1.807, 2.05) is 11.3 Å². The molecule has 1 fully saturated rings. The lowest BCUT2D eigenvalue weighted by atomic mass is 10.1. The molecule has 0 spiro atoms. The highest BCUT2D eigenvalue weighted by atomic mass is 79.9. The molecule has 1 saturated heterocycles. The molecule has 0 saturated carbocycles. The van der Waals surface area contributed by atoms with Gasteiger partial charge in [-0.05, 0) is 53.2 Å². The van der Waals surface area contributed by atoms with Crippen LogP contribution in [0.1, 0.15) is 24.1 Å². The molecule has 0 bridgehead atoms. The van der Waals surface area contributed by atoms with Gasteiger partial charge in [-0.3, -0.25) is 4.90 Å². The minimum absolute atomic E-state index is 0.444. The third-order valence-corrected chi connectivity index (χ3v) is 5.21. The molecule has 2 N–H and O–H groups in total. The predicted octanol–water partition coefficient (Wildman–Crippen LogP) is 2.84. The van der Waals surface area contributed by atoms with Gasteiger partial charge in [-0.15, -0.1) is 11.3 Å². The molecule has 1 aromatic rings. The molecule has 2 heterocycles. The molecule has 3 nitrogen and oxygen atoms in total. The van der Waals surface area contributed by atoms with Crippen molar-refractivity contribution < 1.29 is 4.74 Å². The Balaban J connectivity index is 1.69. The standard InChI is InChI=1S/C13H21BrN2OS/c14-12-4-9-18-13(12)10-16-6-2-11(3-7-16)17-8-1-5-15/h4,9,11H,1-3,5-8,10,15H2. The fourth-order valence-electron chi connectivity index (χ4n) is 2.21. The molecule has 18 heavy (non-hydrogen) atoms. The summed E-state index contributed by atoms with van der Waals surface area (Å²) in [4.78, 5) is 3.94. The Morgan fingerprint density at radius 3 is 2.83 bits per heavy atom. The number of ether oxygens (including phenoxy) is 1. The summed E-state index contributed by atoms with van der Waals surface area (Å²) in [5.74, 6) is 0. The van der Waals surface area contributed by atoms with Crippen molar-refractivity contribution in [1.82, 2.24) is 4.90 Å². The van der Waals surface area contributed by atoms with Gasteiger partial charge in [0.15, 0.2) is 0 Å². The van der Waals surface area contributed by atoms with Crippen LogP contribution in [0.2, 0.25) is 0 Å². The first-order valence-corrected chi connectivity index (χ1v) is 8.22. The van der Waals surface area contributed by atoms with Crippen molar-refractivity contribution >= 4 is 27.3 Å². The first kappa shape index (κ1) is 14.5. The van der Waals surface area contributed by atoms with Crippen molar-refractivity contribution in [2.45, 2.75) is 31.9 Å². The second kappa shape index (κ2) is 7.60. The average molecular weight is 333 g/mol. The van der Waals surface area contributed by atoms with Crippen molar-refractivity contribution in [1.29, 1.82) is 0 Å². The minimum atomic E-state index is 0.444. The third-order valence-electron chi connectivity index (χ3n) is 3.29. The zero-order chi connectivity index (χ0) is 12.8. The van der Waals surface area contributed by atoms with Gasteiger partial charge in [-0.1, -0.05) is 0 Å². The smallest absolute Gasteiger partial charge is 0.0599 e. The highest BCUT2D eigenvalue weighted by molar-refractivity contribution is 9.10. The van der Waals surface area contributed by atoms with Gasteiger partial charge in [0.1, 0.15) is 0 Å². The minimum Gasteiger partial charge on any atom is -0.378 e. The molecule has 0 atom stereocenters. The lowest BCUT2D eigenvalue weighted by molar-refractivity contribution is 0.00579. The molecule has 0 amide bonds. The number of thiophene rings is 1. The van der Waals surface area contributed by atoms with Crippen LogP contribution >= 0.6 is 27.3 Å². The number of piperidine rings is 1. The number of rotatable bonds is 6. The van der Waals surface area contributed by atoms with Crippen molar-refractivity contribution in [3.8, 4) is 0 Å². The van der Waals surface area contributed by atoms with E-state index in [0.717, 1.165) is 52.0 Å². The highest BCUT2D eigenvalue weighted by Crippen LogP contribution is 2.25. The van der Waals surface area contributed by atoms with Gasteiger partial charge in [0, 0.05) is 35.6 Å². The summed E-state index contributed by atoms with van der Waals surface area (Å²) in [5, 5.41) is 2.14. The van der Waals surface area contributed by atoms with Crippen molar-refractivity contribution in [2.24, 2.45) is 5.73 Å². The van der Waals surface area contributed by atoms with E-state index in [-0.39, 0.29) is 0 Å². The van der Waals surface area contributed by atoms with Crippen LogP contribution in [0.3, 0.4) is 0 Å². The Labute approximate surface area is 121 Å². The van der Waals surface area contributed by atoms with E-state index in [9.17, 15) is 0 Å². The summed E-state index contributed by atoms with van der Waals surface area (Å²) in [6.07, 6.45) is 3.71. The molecule has 1 aromatic heterocycles. The van der Waals surface area contributed by atoms with Gasteiger partial charge in [-0.25, -0.2) is 0 Å². The monoisotopic (exact) mass is 332 g/mol. The van der Waals surface area contributed by atoms with Crippen LogP contribution in [0, 0.1) is 0 Å². The summed E-state index contributed by atoms with van der Waals surface area (Å²) < 4.78 is 7.06. The first-order valence-electron chi connectivity index (χ1n) is 6.55. The molecule has 1 aliphatic rings. The Hall–Kier alpha value is 0.0600. The van der Waals surface area contributed by atoms with E-state index in [1.54, 1.807) is 0 Å². The summed E-state index contributed by atoms with van der Waals surface area (Å²) in [5.41, 5.74) is 5.46. The summed E-state index contributed by atoms with van der Waals surface area (Å²) >= 11 is 5.42. The van der Waals surface area contributed by atoms with Gasteiger partial charge in [0.25, 0.3) is 0 Å². The normalized spacial score (nSPS) is 18.3. The zero-order valence-electron chi connectivity index (χ0n) is 10.6. The molecule has 2 rings (SSSR count). The van der Waals surface area contributed by atoms with Crippen molar-refractivity contribution in [3.63, 3.8) is 0 Å². The summed E-state index contributed by atoms with van der Waals surface area (Å²) in [6, 6.07) is 2.13. The number of nitrogens with two attached hydrogens (primary N) is 1.